The van der Waals surface area contributed by atoms with Crippen molar-refractivity contribution in [3.05, 3.63) is 64.7 Å². The molecule has 0 heterocycles. The molecule has 0 atom stereocenters. The number of nitrogens with zero attached hydrogens (tertiary/aromatic N) is 1. The molecule has 5 nitrogen and oxygen atoms in total. The molecule has 0 radical (unpaired) electrons. The third kappa shape index (κ3) is 3.90. The fourth-order valence-corrected chi connectivity index (χ4v) is 3.69. The topological polar surface area (TPSA) is 63.7 Å². The molecule has 0 unspecified atom stereocenters. The van der Waals surface area contributed by atoms with Gasteiger partial charge >= 0.3 is 5.97 Å². The first-order valence-corrected chi connectivity index (χ1v) is 8.56. The van der Waals surface area contributed by atoms with Crippen molar-refractivity contribution in [3.8, 4) is 0 Å². The highest BCUT2D eigenvalue weighted by Crippen LogP contribution is 2.26. The van der Waals surface area contributed by atoms with E-state index in [1.165, 1.54) is 36.7 Å². The lowest BCUT2D eigenvalue weighted by molar-refractivity contribution is 0.0600. The highest BCUT2D eigenvalue weighted by molar-refractivity contribution is 7.89. The molecule has 23 heavy (non-hydrogen) atoms. The molecule has 2 rings (SSSR count). The number of hydrogen-bond donors (Lipinski definition) is 0. The maximum absolute atomic E-state index is 12.7. The molecule has 0 amide bonds. The lowest BCUT2D eigenvalue weighted by atomic mass is 10.2. The fourth-order valence-electron chi connectivity index (χ4n) is 2.04. The van der Waals surface area contributed by atoms with Crippen LogP contribution in [0.25, 0.3) is 0 Å². The van der Waals surface area contributed by atoms with E-state index < -0.39 is 16.0 Å². The third-order valence-corrected chi connectivity index (χ3v) is 5.57. The van der Waals surface area contributed by atoms with E-state index in [-0.39, 0.29) is 22.0 Å². The molecule has 0 bridgehead atoms. The summed E-state index contributed by atoms with van der Waals surface area (Å²) in [5.74, 6) is -0.621. The average Bonchev–Trinajstić information content (AvgIpc) is 2.55. The number of halogens is 1. The van der Waals surface area contributed by atoms with Crippen LogP contribution in [0.4, 0.5) is 0 Å². The number of rotatable bonds is 5. The van der Waals surface area contributed by atoms with Crippen LogP contribution in [0.3, 0.4) is 0 Å². The molecule has 0 N–H and O–H groups in total. The van der Waals surface area contributed by atoms with Crippen LogP contribution < -0.4 is 0 Å². The Kier molecular flexibility index (Phi) is 5.41. The Morgan fingerprint density at radius 3 is 2.43 bits per heavy atom. The summed E-state index contributed by atoms with van der Waals surface area (Å²) in [5.41, 5.74) is 0.974. The van der Waals surface area contributed by atoms with Gasteiger partial charge < -0.3 is 4.74 Å². The quantitative estimate of drug-likeness (QED) is 0.775. The molecule has 0 saturated heterocycles. The average molecular weight is 354 g/mol. The van der Waals surface area contributed by atoms with Crippen LogP contribution in [0, 0.1) is 0 Å². The van der Waals surface area contributed by atoms with Gasteiger partial charge in [0, 0.05) is 13.6 Å². The van der Waals surface area contributed by atoms with Crippen LogP contribution in [-0.4, -0.2) is 32.8 Å². The fraction of sp³-hybridized carbons (Fsp3) is 0.188. The van der Waals surface area contributed by atoms with E-state index in [0.29, 0.717) is 0 Å². The van der Waals surface area contributed by atoms with E-state index in [1.807, 2.05) is 30.3 Å². The summed E-state index contributed by atoms with van der Waals surface area (Å²) in [4.78, 5) is 11.5. The second-order valence-electron chi connectivity index (χ2n) is 4.88. The number of sulfonamides is 1. The smallest absolute Gasteiger partial charge is 0.337 e. The van der Waals surface area contributed by atoms with E-state index in [0.717, 1.165) is 5.56 Å². The third-order valence-electron chi connectivity index (χ3n) is 3.29. The largest absolute Gasteiger partial charge is 0.465 e. The monoisotopic (exact) mass is 353 g/mol. The number of hydrogen-bond acceptors (Lipinski definition) is 4. The van der Waals surface area contributed by atoms with Crippen molar-refractivity contribution < 1.29 is 17.9 Å². The second-order valence-corrected chi connectivity index (χ2v) is 7.30. The zero-order valence-electron chi connectivity index (χ0n) is 12.7. The summed E-state index contributed by atoms with van der Waals surface area (Å²) >= 11 is 6.02. The molecule has 0 aliphatic heterocycles. The van der Waals surface area contributed by atoms with Crippen LogP contribution in [-0.2, 0) is 21.3 Å². The van der Waals surface area contributed by atoms with Gasteiger partial charge in [-0.1, -0.05) is 41.9 Å². The normalized spacial score (nSPS) is 11.5. The van der Waals surface area contributed by atoms with E-state index >= 15 is 0 Å². The maximum atomic E-state index is 12.7. The molecule has 0 aliphatic rings. The van der Waals surface area contributed by atoms with Crippen molar-refractivity contribution in [3.63, 3.8) is 0 Å². The lowest BCUT2D eigenvalue weighted by Gasteiger charge is -2.18. The summed E-state index contributed by atoms with van der Waals surface area (Å²) in [6.45, 7) is 0.196. The SMILES string of the molecule is COC(=O)c1ccc(Cl)c(S(=O)(=O)N(C)Cc2ccccc2)c1. The number of carbonyl (C=O) groups excluding carboxylic acids is 1. The number of ether oxygens (including phenoxy) is 1. The van der Waals surface area contributed by atoms with Gasteiger partial charge in [-0.3, -0.25) is 0 Å². The molecule has 0 aliphatic carbocycles. The van der Waals surface area contributed by atoms with E-state index in [1.54, 1.807) is 0 Å². The minimum Gasteiger partial charge on any atom is -0.465 e. The zero-order chi connectivity index (χ0) is 17.0. The predicted molar refractivity (Wildman–Crippen MR) is 87.9 cm³/mol. The van der Waals surface area contributed by atoms with Gasteiger partial charge in [0.05, 0.1) is 17.7 Å². The van der Waals surface area contributed by atoms with Gasteiger partial charge in [0.1, 0.15) is 4.90 Å². The van der Waals surface area contributed by atoms with E-state index in [9.17, 15) is 13.2 Å². The minimum atomic E-state index is -3.84. The van der Waals surface area contributed by atoms with Gasteiger partial charge in [0.2, 0.25) is 10.0 Å². The highest BCUT2D eigenvalue weighted by Gasteiger charge is 2.25. The Balaban J connectivity index is 2.37. The first-order chi connectivity index (χ1) is 10.9. The Bertz CT molecular complexity index is 806. The van der Waals surface area contributed by atoms with Gasteiger partial charge in [-0.05, 0) is 23.8 Å². The molecule has 122 valence electrons. The Hall–Kier alpha value is -1.89. The molecule has 0 fully saturated rings. The minimum absolute atomic E-state index is 0.0533. The van der Waals surface area contributed by atoms with Crippen LogP contribution >= 0.6 is 11.6 Å². The molecular formula is C16H16ClNO4S. The van der Waals surface area contributed by atoms with Gasteiger partial charge in [0.15, 0.2) is 0 Å². The van der Waals surface area contributed by atoms with E-state index in [4.69, 9.17) is 11.6 Å². The van der Waals surface area contributed by atoms with Crippen LogP contribution in [0.15, 0.2) is 53.4 Å². The first-order valence-electron chi connectivity index (χ1n) is 6.74. The molecule has 0 saturated carbocycles. The standard InChI is InChI=1S/C16H16ClNO4S/c1-18(11-12-6-4-3-5-7-12)23(20,21)15-10-13(16(19)22-2)8-9-14(15)17/h3-10H,11H2,1-2H3. The summed E-state index contributed by atoms with van der Waals surface area (Å²) < 4.78 is 31.2. The van der Waals surface area contributed by atoms with Crippen molar-refractivity contribution in [2.75, 3.05) is 14.2 Å². The number of benzene rings is 2. The van der Waals surface area contributed by atoms with Gasteiger partial charge in [-0.2, -0.15) is 4.31 Å². The van der Waals surface area contributed by atoms with Crippen molar-refractivity contribution in [2.45, 2.75) is 11.4 Å². The molecular weight excluding hydrogens is 338 g/mol. The Labute approximate surface area is 140 Å². The van der Waals surface area contributed by atoms with Crippen molar-refractivity contribution in [1.29, 1.82) is 0 Å². The maximum Gasteiger partial charge on any atom is 0.337 e. The Morgan fingerprint density at radius 1 is 1.17 bits per heavy atom. The molecule has 0 aromatic heterocycles. The van der Waals surface area contributed by atoms with Crippen molar-refractivity contribution in [1.82, 2.24) is 4.31 Å². The second kappa shape index (κ2) is 7.12. The first kappa shape index (κ1) is 17.5. The van der Waals surface area contributed by atoms with Crippen LogP contribution in [0.5, 0.6) is 0 Å². The number of methoxy groups -OCH3 is 1. The van der Waals surface area contributed by atoms with E-state index in [2.05, 4.69) is 4.74 Å². The van der Waals surface area contributed by atoms with Crippen molar-refractivity contribution >= 4 is 27.6 Å². The summed E-state index contributed by atoms with van der Waals surface area (Å²) in [6.07, 6.45) is 0. The molecule has 2 aromatic rings. The molecule has 2 aromatic carbocycles. The van der Waals surface area contributed by atoms with Crippen molar-refractivity contribution in [2.24, 2.45) is 0 Å². The molecule has 7 heteroatoms. The summed E-state index contributed by atoms with van der Waals surface area (Å²) in [7, 11) is -1.15. The number of carbonyl (C=O) groups is 1. The summed E-state index contributed by atoms with van der Waals surface area (Å²) in [5, 5.41) is 0.0533. The zero-order valence-corrected chi connectivity index (χ0v) is 14.3. The summed E-state index contributed by atoms with van der Waals surface area (Å²) in [6, 6.07) is 13.2. The van der Waals surface area contributed by atoms with Gasteiger partial charge in [-0.15, -0.1) is 0 Å². The van der Waals surface area contributed by atoms with Crippen LogP contribution in [0.1, 0.15) is 15.9 Å². The number of esters is 1. The molecule has 0 spiro atoms. The Morgan fingerprint density at radius 2 is 1.83 bits per heavy atom. The van der Waals surface area contributed by atoms with Crippen LogP contribution in [0.2, 0.25) is 5.02 Å². The van der Waals surface area contributed by atoms with Gasteiger partial charge in [-0.25, -0.2) is 13.2 Å². The van der Waals surface area contributed by atoms with Gasteiger partial charge in [0.25, 0.3) is 0 Å². The highest BCUT2D eigenvalue weighted by atomic mass is 35.5. The predicted octanol–water partition coefficient (Wildman–Crippen LogP) is 2.95. The lowest BCUT2D eigenvalue weighted by Crippen LogP contribution is -2.27.